The normalized spacial score (nSPS) is 16.8. The summed E-state index contributed by atoms with van der Waals surface area (Å²) < 4.78 is 10.6. The highest BCUT2D eigenvalue weighted by Crippen LogP contribution is 2.32. The van der Waals surface area contributed by atoms with E-state index in [0.29, 0.717) is 37.4 Å². The van der Waals surface area contributed by atoms with Crippen LogP contribution in [0.2, 0.25) is 0 Å². The molecule has 0 aromatic heterocycles. The van der Waals surface area contributed by atoms with Gasteiger partial charge in [-0.25, -0.2) is 0 Å². The fraction of sp³-hybridized carbons (Fsp3) is 0.364. The van der Waals surface area contributed by atoms with Gasteiger partial charge in [0.15, 0.2) is 11.5 Å². The van der Waals surface area contributed by atoms with E-state index in [9.17, 15) is 9.59 Å². The molecule has 1 aliphatic rings. The molecule has 6 nitrogen and oxygen atoms in total. The quantitative estimate of drug-likeness (QED) is 0.771. The van der Waals surface area contributed by atoms with Crippen LogP contribution < -0.4 is 14.4 Å². The lowest BCUT2D eigenvalue weighted by molar-refractivity contribution is -0.140. The molecular weight excluding hydrogens is 356 g/mol. The summed E-state index contributed by atoms with van der Waals surface area (Å²) in [5.74, 6) is 1.10. The average molecular weight is 382 g/mol. The summed E-state index contributed by atoms with van der Waals surface area (Å²) >= 11 is 0. The molecule has 3 rings (SSSR count). The van der Waals surface area contributed by atoms with E-state index in [0.717, 1.165) is 11.3 Å². The molecule has 1 atom stereocenters. The Bertz CT molecular complexity index is 838. The molecule has 1 aliphatic heterocycles. The van der Waals surface area contributed by atoms with E-state index in [1.54, 1.807) is 43.1 Å². The number of aryl methyl sites for hydroxylation is 1. The maximum atomic E-state index is 12.9. The molecular formula is C22H26N2O4. The second-order valence-electron chi connectivity index (χ2n) is 6.78. The molecule has 1 saturated heterocycles. The number of methoxy groups -OCH3 is 2. The summed E-state index contributed by atoms with van der Waals surface area (Å²) in [6, 6.07) is 14.8. The van der Waals surface area contributed by atoms with Gasteiger partial charge in [-0.1, -0.05) is 30.3 Å². The smallest absolute Gasteiger partial charge is 0.249 e. The fourth-order valence-corrected chi connectivity index (χ4v) is 3.50. The van der Waals surface area contributed by atoms with Gasteiger partial charge in [0.1, 0.15) is 6.04 Å². The molecule has 0 saturated carbocycles. The fourth-order valence-electron chi connectivity index (χ4n) is 3.50. The molecule has 2 amide bonds. The molecule has 148 valence electrons. The molecule has 6 heteroatoms. The van der Waals surface area contributed by atoms with Crippen molar-refractivity contribution in [3.8, 4) is 11.5 Å². The molecule has 1 fully saturated rings. The van der Waals surface area contributed by atoms with Crippen LogP contribution in [0.15, 0.2) is 48.5 Å². The van der Waals surface area contributed by atoms with Crippen LogP contribution in [0.25, 0.3) is 0 Å². The highest BCUT2D eigenvalue weighted by atomic mass is 16.5. The number of anilines is 1. The highest BCUT2D eigenvalue weighted by molar-refractivity contribution is 6.00. The lowest BCUT2D eigenvalue weighted by Gasteiger charge is -2.39. The van der Waals surface area contributed by atoms with E-state index < -0.39 is 6.04 Å². The third kappa shape index (κ3) is 4.11. The van der Waals surface area contributed by atoms with Crippen molar-refractivity contribution in [1.29, 1.82) is 0 Å². The molecule has 0 bridgehead atoms. The third-order valence-corrected chi connectivity index (χ3v) is 5.12. The van der Waals surface area contributed by atoms with E-state index in [2.05, 4.69) is 0 Å². The van der Waals surface area contributed by atoms with Crippen molar-refractivity contribution in [2.75, 3.05) is 32.2 Å². The maximum absolute atomic E-state index is 12.9. The second kappa shape index (κ2) is 8.78. The van der Waals surface area contributed by atoms with Crippen molar-refractivity contribution in [2.45, 2.75) is 25.8 Å². The van der Waals surface area contributed by atoms with Gasteiger partial charge in [-0.15, -0.1) is 0 Å². The Balaban J connectivity index is 1.67. The summed E-state index contributed by atoms with van der Waals surface area (Å²) in [5.41, 5.74) is 1.87. The molecule has 2 aromatic rings. The van der Waals surface area contributed by atoms with Gasteiger partial charge in [0.25, 0.3) is 0 Å². The Hall–Kier alpha value is -3.02. The number of carbonyl (C=O) groups is 2. The largest absolute Gasteiger partial charge is 0.493 e. The molecule has 28 heavy (non-hydrogen) atoms. The lowest BCUT2D eigenvalue weighted by Crippen LogP contribution is -2.57. The van der Waals surface area contributed by atoms with E-state index in [4.69, 9.17) is 9.47 Å². The molecule has 0 N–H and O–H groups in total. The maximum Gasteiger partial charge on any atom is 0.249 e. The van der Waals surface area contributed by atoms with Crippen molar-refractivity contribution in [1.82, 2.24) is 4.90 Å². The Morgan fingerprint density at radius 2 is 1.75 bits per heavy atom. The zero-order valence-corrected chi connectivity index (χ0v) is 16.6. The van der Waals surface area contributed by atoms with Crippen LogP contribution in [0.3, 0.4) is 0 Å². The standard InChI is InChI=1S/C22H26N2O4/c1-16-22(26)24(18-10-11-19(27-2)20(15-18)28-3)14-13-23(16)21(25)12-9-17-7-5-4-6-8-17/h4-8,10-11,15-16H,9,12-14H2,1-3H3/t16-/m0/s1. The minimum absolute atomic E-state index is 0.0108. The van der Waals surface area contributed by atoms with Crippen molar-refractivity contribution >= 4 is 17.5 Å². The van der Waals surface area contributed by atoms with Crippen LogP contribution in [0.5, 0.6) is 11.5 Å². The zero-order valence-electron chi connectivity index (χ0n) is 16.6. The van der Waals surface area contributed by atoms with Crippen LogP contribution >= 0.6 is 0 Å². The van der Waals surface area contributed by atoms with E-state index >= 15 is 0 Å². The number of ether oxygens (including phenoxy) is 2. The monoisotopic (exact) mass is 382 g/mol. The molecule has 1 heterocycles. The van der Waals surface area contributed by atoms with Gasteiger partial charge in [0.2, 0.25) is 11.8 Å². The minimum atomic E-state index is -0.495. The number of rotatable bonds is 6. The van der Waals surface area contributed by atoms with Crippen molar-refractivity contribution < 1.29 is 19.1 Å². The number of carbonyl (C=O) groups excluding carboxylic acids is 2. The lowest BCUT2D eigenvalue weighted by atomic mass is 10.1. The highest BCUT2D eigenvalue weighted by Gasteiger charge is 2.34. The zero-order chi connectivity index (χ0) is 20.1. The first-order valence-corrected chi connectivity index (χ1v) is 9.42. The summed E-state index contributed by atoms with van der Waals surface area (Å²) in [6.45, 7) is 2.75. The predicted octanol–water partition coefficient (Wildman–Crippen LogP) is 2.90. The number of hydrogen-bond donors (Lipinski definition) is 0. The molecule has 0 unspecified atom stereocenters. The Morgan fingerprint density at radius 1 is 1.04 bits per heavy atom. The van der Waals surface area contributed by atoms with Crippen molar-refractivity contribution in [2.24, 2.45) is 0 Å². The van der Waals surface area contributed by atoms with Gasteiger partial charge in [-0.2, -0.15) is 0 Å². The van der Waals surface area contributed by atoms with Gasteiger partial charge >= 0.3 is 0 Å². The second-order valence-corrected chi connectivity index (χ2v) is 6.78. The first-order valence-electron chi connectivity index (χ1n) is 9.42. The minimum Gasteiger partial charge on any atom is -0.493 e. The van der Waals surface area contributed by atoms with Gasteiger partial charge in [-0.05, 0) is 31.0 Å². The van der Waals surface area contributed by atoms with E-state index in [1.807, 2.05) is 36.4 Å². The van der Waals surface area contributed by atoms with Gasteiger partial charge in [-0.3, -0.25) is 9.59 Å². The van der Waals surface area contributed by atoms with E-state index in [1.165, 1.54) is 0 Å². The Kier molecular flexibility index (Phi) is 6.19. The van der Waals surface area contributed by atoms with Gasteiger partial charge in [0.05, 0.1) is 14.2 Å². The molecule has 0 spiro atoms. The Labute approximate surface area is 165 Å². The molecule has 0 aliphatic carbocycles. The third-order valence-electron chi connectivity index (χ3n) is 5.12. The van der Waals surface area contributed by atoms with Crippen LogP contribution in [0.1, 0.15) is 18.9 Å². The topological polar surface area (TPSA) is 59.1 Å². The van der Waals surface area contributed by atoms with Crippen molar-refractivity contribution in [3.05, 3.63) is 54.1 Å². The molecule has 0 radical (unpaired) electrons. The first kappa shape index (κ1) is 19.7. The number of benzene rings is 2. The Morgan fingerprint density at radius 3 is 2.43 bits per heavy atom. The van der Waals surface area contributed by atoms with Crippen LogP contribution in [-0.2, 0) is 16.0 Å². The summed E-state index contributed by atoms with van der Waals surface area (Å²) in [6.07, 6.45) is 1.08. The summed E-state index contributed by atoms with van der Waals surface area (Å²) in [4.78, 5) is 29.0. The average Bonchev–Trinajstić information content (AvgIpc) is 2.74. The number of nitrogens with zero attached hydrogens (tertiary/aromatic N) is 2. The summed E-state index contributed by atoms with van der Waals surface area (Å²) in [5, 5.41) is 0. The van der Waals surface area contributed by atoms with Crippen molar-refractivity contribution in [3.63, 3.8) is 0 Å². The van der Waals surface area contributed by atoms with Crippen LogP contribution in [-0.4, -0.2) is 50.1 Å². The number of piperazine rings is 1. The van der Waals surface area contributed by atoms with Gasteiger partial charge in [0, 0.05) is 31.3 Å². The predicted molar refractivity (Wildman–Crippen MR) is 108 cm³/mol. The first-order chi connectivity index (χ1) is 13.5. The van der Waals surface area contributed by atoms with Crippen LogP contribution in [0, 0.1) is 0 Å². The molecule has 2 aromatic carbocycles. The SMILES string of the molecule is COc1ccc(N2CCN(C(=O)CCc3ccccc3)[C@@H](C)C2=O)cc1OC. The van der Waals surface area contributed by atoms with Crippen LogP contribution in [0.4, 0.5) is 5.69 Å². The summed E-state index contributed by atoms with van der Waals surface area (Å²) in [7, 11) is 3.14. The number of amides is 2. The van der Waals surface area contributed by atoms with Gasteiger partial charge < -0.3 is 19.3 Å². The number of hydrogen-bond acceptors (Lipinski definition) is 4. The van der Waals surface area contributed by atoms with E-state index in [-0.39, 0.29) is 11.8 Å².